The third-order valence-corrected chi connectivity index (χ3v) is 5.03. The molecular formula is C20H20N6. The molecule has 0 radical (unpaired) electrons. The molecule has 0 unspecified atom stereocenters. The van der Waals surface area contributed by atoms with Gasteiger partial charge in [0.2, 0.25) is 0 Å². The van der Waals surface area contributed by atoms with E-state index >= 15 is 0 Å². The number of pyridine rings is 1. The summed E-state index contributed by atoms with van der Waals surface area (Å²) in [5.74, 6) is 3.13. The van der Waals surface area contributed by atoms with Crippen molar-refractivity contribution in [2.45, 2.75) is 19.4 Å². The summed E-state index contributed by atoms with van der Waals surface area (Å²) in [7, 11) is 0. The van der Waals surface area contributed by atoms with Crippen molar-refractivity contribution in [3.8, 4) is 0 Å². The molecule has 4 heterocycles. The zero-order valence-electron chi connectivity index (χ0n) is 14.5. The summed E-state index contributed by atoms with van der Waals surface area (Å²) in [5, 5.41) is 10.0. The van der Waals surface area contributed by atoms with Crippen LogP contribution in [0.5, 0.6) is 0 Å². The van der Waals surface area contributed by atoms with Crippen LogP contribution in [0.2, 0.25) is 0 Å². The maximum atomic E-state index is 4.76. The minimum Gasteiger partial charge on any atom is -0.354 e. The van der Waals surface area contributed by atoms with Gasteiger partial charge in [0.1, 0.15) is 23.1 Å². The van der Waals surface area contributed by atoms with Crippen molar-refractivity contribution < 1.29 is 0 Å². The Morgan fingerprint density at radius 2 is 1.85 bits per heavy atom. The van der Waals surface area contributed by atoms with E-state index in [0.717, 1.165) is 61.0 Å². The predicted octanol–water partition coefficient (Wildman–Crippen LogP) is 2.81. The van der Waals surface area contributed by atoms with Crippen LogP contribution in [-0.2, 0) is 19.4 Å². The number of rotatable bonds is 3. The van der Waals surface area contributed by atoms with E-state index in [-0.39, 0.29) is 0 Å². The first-order chi connectivity index (χ1) is 12.9. The van der Waals surface area contributed by atoms with Gasteiger partial charge in [-0.15, -0.1) is 10.2 Å². The molecular weight excluding hydrogens is 324 g/mol. The van der Waals surface area contributed by atoms with Gasteiger partial charge >= 0.3 is 0 Å². The van der Waals surface area contributed by atoms with Gasteiger partial charge in [-0.05, 0) is 23.8 Å². The van der Waals surface area contributed by atoms with E-state index in [9.17, 15) is 0 Å². The number of nitrogens with one attached hydrogen (secondary N) is 1. The number of aromatic amines is 1. The minimum absolute atomic E-state index is 0.820. The summed E-state index contributed by atoms with van der Waals surface area (Å²) in [6.07, 6.45) is 3.63. The second kappa shape index (κ2) is 6.29. The Kier molecular flexibility index (Phi) is 3.66. The van der Waals surface area contributed by atoms with Crippen LogP contribution < -0.4 is 4.90 Å². The normalized spacial score (nSPS) is 14.4. The average molecular weight is 344 g/mol. The lowest BCUT2D eigenvalue weighted by molar-refractivity contribution is 0.654. The van der Waals surface area contributed by atoms with E-state index in [1.807, 2.05) is 18.3 Å². The van der Waals surface area contributed by atoms with Crippen molar-refractivity contribution in [1.82, 2.24) is 24.7 Å². The van der Waals surface area contributed by atoms with E-state index in [4.69, 9.17) is 4.98 Å². The second-order valence-corrected chi connectivity index (χ2v) is 6.67. The highest BCUT2D eigenvalue weighted by molar-refractivity contribution is 5.77. The molecule has 0 saturated heterocycles. The Bertz CT molecular complexity index is 1030. The number of hydrogen-bond acceptors (Lipinski definition) is 4. The third kappa shape index (κ3) is 2.73. The van der Waals surface area contributed by atoms with Crippen LogP contribution in [-0.4, -0.2) is 37.8 Å². The lowest BCUT2D eigenvalue weighted by atomic mass is 10.1. The molecule has 0 spiro atoms. The molecule has 130 valence electrons. The van der Waals surface area contributed by atoms with E-state index in [0.29, 0.717) is 0 Å². The highest BCUT2D eigenvalue weighted by Gasteiger charge is 2.19. The highest BCUT2D eigenvalue weighted by Crippen LogP contribution is 2.20. The second-order valence-electron chi connectivity index (χ2n) is 6.67. The molecule has 0 atom stereocenters. The van der Waals surface area contributed by atoms with Crippen molar-refractivity contribution in [3.63, 3.8) is 0 Å². The summed E-state index contributed by atoms with van der Waals surface area (Å²) >= 11 is 0. The maximum absolute atomic E-state index is 4.76. The van der Waals surface area contributed by atoms with Gasteiger partial charge in [0, 0.05) is 44.1 Å². The number of H-pyrrole nitrogens is 1. The molecule has 0 aliphatic carbocycles. The van der Waals surface area contributed by atoms with Crippen molar-refractivity contribution in [2.75, 3.05) is 18.0 Å². The smallest absolute Gasteiger partial charge is 0.139 e. The highest BCUT2D eigenvalue weighted by atomic mass is 15.3. The van der Waals surface area contributed by atoms with Gasteiger partial charge in [-0.3, -0.25) is 0 Å². The van der Waals surface area contributed by atoms with Crippen molar-refractivity contribution in [2.24, 2.45) is 0 Å². The Morgan fingerprint density at radius 1 is 0.923 bits per heavy atom. The Labute approximate surface area is 151 Å². The maximum Gasteiger partial charge on any atom is 0.139 e. The topological polar surface area (TPSA) is 62.6 Å². The summed E-state index contributed by atoms with van der Waals surface area (Å²) in [4.78, 5) is 10.3. The summed E-state index contributed by atoms with van der Waals surface area (Å²) in [5.41, 5.74) is 2.21. The van der Waals surface area contributed by atoms with Gasteiger partial charge in [-0.25, -0.2) is 4.98 Å². The van der Waals surface area contributed by atoms with E-state index in [1.165, 1.54) is 5.56 Å². The molecule has 6 nitrogen and oxygen atoms in total. The molecule has 3 aromatic heterocycles. The zero-order chi connectivity index (χ0) is 17.3. The van der Waals surface area contributed by atoms with Crippen molar-refractivity contribution in [3.05, 3.63) is 71.9 Å². The third-order valence-electron chi connectivity index (χ3n) is 5.03. The van der Waals surface area contributed by atoms with Gasteiger partial charge < -0.3 is 14.5 Å². The molecule has 6 heteroatoms. The molecule has 5 rings (SSSR count). The van der Waals surface area contributed by atoms with Crippen molar-refractivity contribution >= 4 is 16.9 Å². The van der Waals surface area contributed by atoms with Crippen LogP contribution in [0.25, 0.3) is 11.0 Å². The molecule has 0 bridgehead atoms. The van der Waals surface area contributed by atoms with Gasteiger partial charge in [0.15, 0.2) is 0 Å². The summed E-state index contributed by atoms with van der Waals surface area (Å²) in [6, 6.07) is 16.7. The van der Waals surface area contributed by atoms with Crippen LogP contribution in [0.1, 0.15) is 17.2 Å². The number of fused-ring (bicyclic) bond motifs is 2. The fraction of sp³-hybridized carbons (Fsp3) is 0.250. The molecule has 26 heavy (non-hydrogen) atoms. The van der Waals surface area contributed by atoms with E-state index in [2.05, 4.69) is 61.0 Å². The SMILES string of the molecule is c1ccc(Cc2nnc3n2CCN(c2ccc4cc[nH]c4n2)CC3)cc1. The standard InChI is InChI=1S/C20H20N6/c1-2-4-15(5-3-1)14-19-24-23-18-9-11-25(12-13-26(18)19)17-7-6-16-8-10-21-20(16)22-17/h1-8,10H,9,11-14H2,(H,21,22). The lowest BCUT2D eigenvalue weighted by Crippen LogP contribution is -2.27. The number of aromatic nitrogens is 5. The van der Waals surface area contributed by atoms with Gasteiger partial charge in [0.05, 0.1) is 0 Å². The Hall–Kier alpha value is -3.15. The summed E-state index contributed by atoms with van der Waals surface area (Å²) in [6.45, 7) is 2.70. The molecule has 1 aliphatic heterocycles. The Morgan fingerprint density at radius 3 is 2.77 bits per heavy atom. The zero-order valence-corrected chi connectivity index (χ0v) is 14.5. The first kappa shape index (κ1) is 15.1. The van der Waals surface area contributed by atoms with Crippen LogP contribution in [0.4, 0.5) is 5.82 Å². The van der Waals surface area contributed by atoms with Crippen LogP contribution >= 0.6 is 0 Å². The van der Waals surface area contributed by atoms with Crippen LogP contribution in [0.15, 0.2) is 54.7 Å². The van der Waals surface area contributed by atoms with Crippen LogP contribution in [0.3, 0.4) is 0 Å². The molecule has 0 saturated carbocycles. The molecule has 1 N–H and O–H groups in total. The molecule has 1 aliphatic rings. The lowest BCUT2D eigenvalue weighted by Gasteiger charge is -2.21. The average Bonchev–Trinajstić information content (AvgIpc) is 3.23. The fourth-order valence-corrected chi connectivity index (χ4v) is 3.62. The first-order valence-corrected chi connectivity index (χ1v) is 9.01. The summed E-state index contributed by atoms with van der Waals surface area (Å²) < 4.78 is 2.28. The fourth-order valence-electron chi connectivity index (χ4n) is 3.62. The largest absolute Gasteiger partial charge is 0.354 e. The Balaban J connectivity index is 1.37. The van der Waals surface area contributed by atoms with Gasteiger partial charge in [-0.1, -0.05) is 30.3 Å². The number of nitrogens with zero attached hydrogens (tertiary/aromatic N) is 5. The van der Waals surface area contributed by atoms with Gasteiger partial charge in [-0.2, -0.15) is 0 Å². The molecule has 1 aromatic carbocycles. The monoisotopic (exact) mass is 344 g/mol. The number of hydrogen-bond donors (Lipinski definition) is 1. The quantitative estimate of drug-likeness (QED) is 0.621. The first-order valence-electron chi connectivity index (χ1n) is 9.01. The molecule has 0 amide bonds. The van der Waals surface area contributed by atoms with Crippen LogP contribution in [0, 0.1) is 0 Å². The number of benzene rings is 1. The molecule has 4 aromatic rings. The van der Waals surface area contributed by atoms with Gasteiger partial charge in [0.25, 0.3) is 0 Å². The van der Waals surface area contributed by atoms with Crippen molar-refractivity contribution in [1.29, 1.82) is 0 Å². The van der Waals surface area contributed by atoms with E-state index in [1.54, 1.807) is 0 Å². The minimum atomic E-state index is 0.820. The number of anilines is 1. The van der Waals surface area contributed by atoms with E-state index < -0.39 is 0 Å². The molecule has 0 fully saturated rings. The predicted molar refractivity (Wildman–Crippen MR) is 101 cm³/mol.